The lowest BCUT2D eigenvalue weighted by Crippen LogP contribution is -2.46. The van der Waals surface area contributed by atoms with Crippen LogP contribution in [0.5, 0.6) is 0 Å². The molecule has 4 nitrogen and oxygen atoms in total. The first-order valence-corrected chi connectivity index (χ1v) is 5.47. The maximum atomic E-state index is 10.9. The quantitative estimate of drug-likeness (QED) is 0.651. The van der Waals surface area contributed by atoms with Crippen molar-refractivity contribution in [3.63, 3.8) is 0 Å². The summed E-state index contributed by atoms with van der Waals surface area (Å²) >= 11 is 0. The van der Waals surface area contributed by atoms with E-state index in [1.54, 1.807) is 12.2 Å². The lowest BCUT2D eigenvalue weighted by Gasteiger charge is -2.23. The standard InChI is InChI=1S/C8H13NO3S/c1-2-7-3-5-8(9,6-4-7)13(10,11)12/h3-5H,2,6,9H2,1H3,(H,10,11,12). The maximum Gasteiger partial charge on any atom is 0.287 e. The van der Waals surface area contributed by atoms with Gasteiger partial charge < -0.3 is 5.73 Å². The molecule has 0 aliphatic heterocycles. The van der Waals surface area contributed by atoms with E-state index in [4.69, 9.17) is 10.3 Å². The number of hydrogen-bond acceptors (Lipinski definition) is 3. The SMILES string of the molecule is CCC1=CCC(N)(S(=O)(=O)O)C=C1. The maximum absolute atomic E-state index is 10.9. The fraction of sp³-hybridized carbons (Fsp3) is 0.500. The molecule has 0 saturated heterocycles. The highest BCUT2D eigenvalue weighted by molar-refractivity contribution is 7.87. The summed E-state index contributed by atoms with van der Waals surface area (Å²) in [6, 6.07) is 0. The van der Waals surface area contributed by atoms with Gasteiger partial charge in [-0.05, 0) is 12.5 Å². The largest absolute Gasteiger partial charge is 0.307 e. The van der Waals surface area contributed by atoms with Gasteiger partial charge >= 0.3 is 0 Å². The van der Waals surface area contributed by atoms with Crippen LogP contribution in [0.4, 0.5) is 0 Å². The van der Waals surface area contributed by atoms with E-state index in [0.29, 0.717) is 0 Å². The molecule has 3 N–H and O–H groups in total. The van der Waals surface area contributed by atoms with E-state index in [9.17, 15) is 8.42 Å². The third kappa shape index (κ3) is 1.99. The normalized spacial score (nSPS) is 28.7. The molecular formula is C8H13NO3S. The summed E-state index contributed by atoms with van der Waals surface area (Å²) in [7, 11) is -4.21. The van der Waals surface area contributed by atoms with Gasteiger partial charge in [0.25, 0.3) is 10.1 Å². The van der Waals surface area contributed by atoms with Gasteiger partial charge in [-0.2, -0.15) is 8.42 Å². The van der Waals surface area contributed by atoms with E-state index in [1.807, 2.05) is 6.92 Å². The van der Waals surface area contributed by atoms with Crippen LogP contribution in [0.15, 0.2) is 23.8 Å². The summed E-state index contributed by atoms with van der Waals surface area (Å²) < 4.78 is 30.5. The number of allylic oxidation sites excluding steroid dienone is 2. The van der Waals surface area contributed by atoms with E-state index in [0.717, 1.165) is 12.0 Å². The van der Waals surface area contributed by atoms with Gasteiger partial charge in [-0.15, -0.1) is 0 Å². The second-order valence-electron chi connectivity index (χ2n) is 3.10. The van der Waals surface area contributed by atoms with Crippen LogP contribution < -0.4 is 5.73 Å². The van der Waals surface area contributed by atoms with E-state index < -0.39 is 15.0 Å². The molecule has 1 unspecified atom stereocenters. The molecule has 0 heterocycles. The van der Waals surface area contributed by atoms with Crippen molar-refractivity contribution >= 4 is 10.1 Å². The van der Waals surface area contributed by atoms with Crippen molar-refractivity contribution < 1.29 is 13.0 Å². The monoisotopic (exact) mass is 203 g/mol. The Labute approximate surface area is 77.9 Å². The van der Waals surface area contributed by atoms with Crippen molar-refractivity contribution in [1.29, 1.82) is 0 Å². The molecule has 0 saturated carbocycles. The zero-order valence-corrected chi connectivity index (χ0v) is 8.21. The zero-order chi connectivity index (χ0) is 10.1. The van der Waals surface area contributed by atoms with Crippen LogP contribution >= 0.6 is 0 Å². The summed E-state index contributed by atoms with van der Waals surface area (Å²) in [4.78, 5) is -1.63. The van der Waals surface area contributed by atoms with Crippen molar-refractivity contribution in [1.82, 2.24) is 0 Å². The number of hydrogen-bond donors (Lipinski definition) is 2. The first-order chi connectivity index (χ1) is 5.89. The molecule has 0 radical (unpaired) electrons. The summed E-state index contributed by atoms with van der Waals surface area (Å²) in [5.74, 6) is 0. The third-order valence-corrected chi connectivity index (χ3v) is 3.41. The first kappa shape index (κ1) is 10.4. The molecular weight excluding hydrogens is 190 g/mol. The van der Waals surface area contributed by atoms with E-state index in [2.05, 4.69) is 0 Å². The van der Waals surface area contributed by atoms with Crippen LogP contribution in [0.2, 0.25) is 0 Å². The molecule has 0 spiro atoms. The van der Waals surface area contributed by atoms with E-state index in [-0.39, 0.29) is 6.42 Å². The first-order valence-electron chi connectivity index (χ1n) is 4.03. The van der Waals surface area contributed by atoms with Gasteiger partial charge in [-0.1, -0.05) is 24.6 Å². The minimum atomic E-state index is -4.21. The second kappa shape index (κ2) is 3.25. The molecule has 1 atom stereocenters. The fourth-order valence-electron chi connectivity index (χ4n) is 1.13. The molecule has 0 fully saturated rings. The Morgan fingerprint density at radius 1 is 1.69 bits per heavy atom. The predicted octanol–water partition coefficient (Wildman–Crippen LogP) is 0.826. The Kier molecular flexibility index (Phi) is 2.61. The van der Waals surface area contributed by atoms with Crippen LogP contribution in [-0.2, 0) is 10.1 Å². The Hall–Kier alpha value is -0.650. The molecule has 0 amide bonds. The van der Waals surface area contributed by atoms with Crippen molar-refractivity contribution in [2.75, 3.05) is 0 Å². The minimum Gasteiger partial charge on any atom is -0.307 e. The zero-order valence-electron chi connectivity index (χ0n) is 7.40. The van der Waals surface area contributed by atoms with Gasteiger partial charge in [0.1, 0.15) is 0 Å². The molecule has 1 aliphatic carbocycles. The molecule has 74 valence electrons. The second-order valence-corrected chi connectivity index (χ2v) is 4.81. The molecule has 1 aliphatic rings. The van der Waals surface area contributed by atoms with Crippen molar-refractivity contribution in [3.05, 3.63) is 23.8 Å². The smallest absolute Gasteiger partial charge is 0.287 e. The third-order valence-electron chi connectivity index (χ3n) is 2.15. The van der Waals surface area contributed by atoms with Gasteiger partial charge in [0.05, 0.1) is 0 Å². The highest BCUT2D eigenvalue weighted by atomic mass is 32.2. The topological polar surface area (TPSA) is 80.4 Å². The van der Waals surface area contributed by atoms with Crippen molar-refractivity contribution in [2.45, 2.75) is 24.6 Å². The fourth-order valence-corrected chi connectivity index (χ4v) is 1.66. The minimum absolute atomic E-state index is 0.130. The molecule has 0 aromatic heterocycles. The van der Waals surface area contributed by atoms with E-state index in [1.165, 1.54) is 6.08 Å². The molecule has 0 aromatic rings. The Bertz CT molecular complexity index is 356. The van der Waals surface area contributed by atoms with Crippen LogP contribution in [0.1, 0.15) is 19.8 Å². The number of rotatable bonds is 2. The Morgan fingerprint density at radius 3 is 2.62 bits per heavy atom. The lowest BCUT2D eigenvalue weighted by atomic mass is 10.0. The lowest BCUT2D eigenvalue weighted by molar-refractivity contribution is 0.447. The average molecular weight is 203 g/mol. The summed E-state index contributed by atoms with van der Waals surface area (Å²) in [6.45, 7) is 1.97. The summed E-state index contributed by atoms with van der Waals surface area (Å²) in [6.07, 6.45) is 5.66. The molecule has 0 aromatic carbocycles. The van der Waals surface area contributed by atoms with Crippen LogP contribution in [-0.4, -0.2) is 17.8 Å². The van der Waals surface area contributed by atoms with Crippen LogP contribution in [0, 0.1) is 0 Å². The molecule has 13 heavy (non-hydrogen) atoms. The van der Waals surface area contributed by atoms with Gasteiger partial charge in [0.2, 0.25) is 0 Å². The van der Waals surface area contributed by atoms with Crippen molar-refractivity contribution in [2.24, 2.45) is 5.73 Å². The van der Waals surface area contributed by atoms with Crippen LogP contribution in [0.3, 0.4) is 0 Å². The Morgan fingerprint density at radius 2 is 2.31 bits per heavy atom. The molecule has 0 bridgehead atoms. The molecule has 1 rings (SSSR count). The van der Waals surface area contributed by atoms with Gasteiger partial charge in [-0.25, -0.2) is 0 Å². The highest BCUT2D eigenvalue weighted by Crippen LogP contribution is 2.24. The summed E-state index contributed by atoms with van der Waals surface area (Å²) in [5, 5.41) is 0. The van der Waals surface area contributed by atoms with Gasteiger partial charge in [0.15, 0.2) is 4.87 Å². The average Bonchev–Trinajstić information content (AvgIpc) is 2.04. The predicted molar refractivity (Wildman–Crippen MR) is 50.6 cm³/mol. The van der Waals surface area contributed by atoms with Crippen LogP contribution in [0.25, 0.3) is 0 Å². The van der Waals surface area contributed by atoms with Crippen molar-refractivity contribution in [3.8, 4) is 0 Å². The number of nitrogens with two attached hydrogens (primary N) is 1. The Balaban J connectivity index is 2.94. The van der Waals surface area contributed by atoms with E-state index >= 15 is 0 Å². The highest BCUT2D eigenvalue weighted by Gasteiger charge is 2.36. The summed E-state index contributed by atoms with van der Waals surface area (Å²) in [5.41, 5.74) is 6.52. The van der Waals surface area contributed by atoms with Gasteiger partial charge in [0, 0.05) is 6.42 Å². The molecule has 5 heteroatoms. The van der Waals surface area contributed by atoms with Gasteiger partial charge in [-0.3, -0.25) is 4.55 Å².